The molecule has 12 heavy (non-hydrogen) atoms. The number of rotatable bonds is 2. The molecule has 0 aliphatic carbocycles. The molecule has 1 heterocycles. The van der Waals surface area contributed by atoms with E-state index in [1.165, 1.54) is 5.23 Å². The van der Waals surface area contributed by atoms with Gasteiger partial charge in [0.15, 0.2) is 0 Å². The van der Waals surface area contributed by atoms with E-state index >= 15 is 0 Å². The lowest BCUT2D eigenvalue weighted by Crippen LogP contribution is -2.26. The van der Waals surface area contributed by atoms with Crippen molar-refractivity contribution in [1.82, 2.24) is 0 Å². The quantitative estimate of drug-likeness (QED) is 0.704. The van der Waals surface area contributed by atoms with Gasteiger partial charge in [-0.25, -0.2) is 0 Å². The maximum absolute atomic E-state index is 5.44. The third-order valence-electron chi connectivity index (χ3n) is 1.58. The van der Waals surface area contributed by atoms with Crippen LogP contribution in [0.4, 0.5) is 5.69 Å². The van der Waals surface area contributed by atoms with E-state index in [2.05, 4.69) is 0 Å². The van der Waals surface area contributed by atoms with Gasteiger partial charge in [-0.05, 0) is 17.7 Å². The lowest BCUT2D eigenvalue weighted by Gasteiger charge is -2.26. The molecular formula is C7H8N2O2S. The topological polar surface area (TPSA) is 47.7 Å². The van der Waals surface area contributed by atoms with Gasteiger partial charge in [-0.3, -0.25) is 0 Å². The van der Waals surface area contributed by atoms with E-state index in [1.807, 2.05) is 24.3 Å². The summed E-state index contributed by atoms with van der Waals surface area (Å²) in [5, 5.41) is 1.34. The Hall–Kier alpha value is -0.750. The van der Waals surface area contributed by atoms with Crippen LogP contribution in [0, 0.1) is 0 Å². The van der Waals surface area contributed by atoms with Crippen molar-refractivity contribution in [2.24, 2.45) is 5.73 Å². The van der Waals surface area contributed by atoms with Gasteiger partial charge < -0.3 is 5.73 Å². The van der Waals surface area contributed by atoms with Gasteiger partial charge in [-0.15, -0.1) is 8.57 Å². The summed E-state index contributed by atoms with van der Waals surface area (Å²) in [5.74, 6) is 0. The Kier molecular flexibility index (Phi) is 2.18. The van der Waals surface area contributed by atoms with E-state index < -0.39 is 0 Å². The van der Waals surface area contributed by atoms with E-state index in [4.69, 9.17) is 14.3 Å². The van der Waals surface area contributed by atoms with Gasteiger partial charge in [0.2, 0.25) is 12.3 Å². The van der Waals surface area contributed by atoms with E-state index in [1.54, 1.807) is 0 Å². The van der Waals surface area contributed by atoms with Crippen LogP contribution in [-0.4, -0.2) is 0 Å². The second-order valence-electron chi connectivity index (χ2n) is 2.34. The van der Waals surface area contributed by atoms with Crippen molar-refractivity contribution >= 4 is 18.0 Å². The van der Waals surface area contributed by atoms with Crippen LogP contribution in [0.25, 0.3) is 0 Å². The van der Waals surface area contributed by atoms with Crippen LogP contribution in [0.5, 0.6) is 0 Å². The largest absolute Gasteiger partial charge is 0.326 e. The van der Waals surface area contributed by atoms with E-state index in [-0.39, 0.29) is 0 Å². The van der Waals surface area contributed by atoms with Crippen LogP contribution in [0.3, 0.4) is 0 Å². The van der Waals surface area contributed by atoms with Crippen LogP contribution in [0.15, 0.2) is 24.3 Å². The SMILES string of the molecule is NCc1ccc(N2OSO2)cc1. The van der Waals surface area contributed by atoms with Crippen LogP contribution >= 0.6 is 12.3 Å². The summed E-state index contributed by atoms with van der Waals surface area (Å²) in [6.07, 6.45) is 0. The molecule has 4 nitrogen and oxygen atoms in total. The van der Waals surface area contributed by atoms with Crippen molar-refractivity contribution in [3.05, 3.63) is 29.8 Å². The summed E-state index contributed by atoms with van der Waals surface area (Å²) >= 11 is 0.951. The molecule has 0 unspecified atom stereocenters. The van der Waals surface area contributed by atoms with E-state index in [0.717, 1.165) is 23.6 Å². The first-order chi connectivity index (χ1) is 5.90. The fraction of sp³-hybridized carbons (Fsp3) is 0.143. The van der Waals surface area contributed by atoms with Crippen molar-refractivity contribution in [1.29, 1.82) is 0 Å². The summed E-state index contributed by atoms with van der Waals surface area (Å²) in [5.41, 5.74) is 7.40. The predicted octanol–water partition coefficient (Wildman–Crippen LogP) is 1.39. The molecule has 1 aliphatic heterocycles. The molecule has 64 valence electrons. The van der Waals surface area contributed by atoms with Crippen molar-refractivity contribution in [3.63, 3.8) is 0 Å². The van der Waals surface area contributed by atoms with Crippen molar-refractivity contribution < 1.29 is 8.57 Å². The minimum Gasteiger partial charge on any atom is -0.326 e. The molecule has 0 saturated carbocycles. The van der Waals surface area contributed by atoms with Crippen molar-refractivity contribution in [2.45, 2.75) is 6.54 Å². The van der Waals surface area contributed by atoms with Crippen molar-refractivity contribution in [3.8, 4) is 0 Å². The average molecular weight is 184 g/mol. The molecule has 2 rings (SSSR count). The second kappa shape index (κ2) is 3.32. The average Bonchev–Trinajstić information content (AvgIpc) is 2.03. The fourth-order valence-electron chi connectivity index (χ4n) is 0.901. The zero-order valence-electron chi connectivity index (χ0n) is 6.27. The zero-order chi connectivity index (χ0) is 8.39. The Morgan fingerprint density at radius 2 is 1.92 bits per heavy atom. The van der Waals surface area contributed by atoms with Crippen molar-refractivity contribution in [2.75, 3.05) is 5.23 Å². The fourth-order valence-corrected chi connectivity index (χ4v) is 1.19. The third-order valence-corrected chi connectivity index (χ3v) is 1.97. The minimum atomic E-state index is 0.552. The molecule has 0 bridgehead atoms. The van der Waals surface area contributed by atoms with E-state index in [0.29, 0.717) is 6.54 Å². The molecule has 0 amide bonds. The van der Waals surface area contributed by atoms with Gasteiger partial charge in [0.1, 0.15) is 0 Å². The third kappa shape index (κ3) is 1.39. The molecule has 0 aromatic heterocycles. The van der Waals surface area contributed by atoms with E-state index in [9.17, 15) is 0 Å². The molecule has 0 radical (unpaired) electrons. The van der Waals surface area contributed by atoms with Gasteiger partial charge >= 0.3 is 0 Å². The summed E-state index contributed by atoms with van der Waals surface area (Å²) in [7, 11) is 0. The standard InChI is InChI=1S/C7H8N2O2S/c8-5-6-1-3-7(4-2-6)9-10-12-11-9/h1-4H,5,8H2. The van der Waals surface area contributed by atoms with Gasteiger partial charge in [-0.2, -0.15) is 0 Å². The second-order valence-corrected chi connectivity index (χ2v) is 2.78. The Labute approximate surface area is 74.6 Å². The lowest BCUT2D eigenvalue weighted by molar-refractivity contribution is 0.0269. The Morgan fingerprint density at radius 1 is 1.25 bits per heavy atom. The summed E-state index contributed by atoms with van der Waals surface area (Å²) in [6.45, 7) is 0.552. The number of hydrogen-bond donors (Lipinski definition) is 1. The monoisotopic (exact) mass is 184 g/mol. The summed E-state index contributed by atoms with van der Waals surface area (Å²) in [4.78, 5) is 0. The highest BCUT2D eigenvalue weighted by atomic mass is 32.2. The maximum atomic E-state index is 5.44. The lowest BCUT2D eigenvalue weighted by atomic mass is 10.2. The first-order valence-corrected chi connectivity index (χ1v) is 4.17. The molecule has 5 heteroatoms. The number of hydrogen-bond acceptors (Lipinski definition) is 5. The highest BCUT2D eigenvalue weighted by Gasteiger charge is 2.19. The normalized spacial score (nSPS) is 15.9. The molecule has 1 aliphatic rings. The van der Waals surface area contributed by atoms with Gasteiger partial charge in [-0.1, -0.05) is 17.4 Å². The molecule has 0 spiro atoms. The Morgan fingerprint density at radius 3 is 2.33 bits per heavy atom. The number of anilines is 1. The molecule has 1 aromatic rings. The smallest absolute Gasteiger partial charge is 0.217 e. The highest BCUT2D eigenvalue weighted by molar-refractivity contribution is 7.90. The predicted molar refractivity (Wildman–Crippen MR) is 46.6 cm³/mol. The van der Waals surface area contributed by atoms with Crippen LogP contribution < -0.4 is 11.0 Å². The van der Waals surface area contributed by atoms with Crippen LogP contribution in [-0.2, 0) is 15.1 Å². The summed E-state index contributed by atoms with van der Waals surface area (Å²) < 4.78 is 9.77. The van der Waals surface area contributed by atoms with Gasteiger partial charge in [0, 0.05) is 6.54 Å². The Bertz CT molecular complexity index is 261. The minimum absolute atomic E-state index is 0.552. The molecule has 1 saturated heterocycles. The maximum Gasteiger partial charge on any atom is 0.217 e. The zero-order valence-corrected chi connectivity index (χ0v) is 7.08. The number of nitrogens with zero attached hydrogens (tertiary/aromatic N) is 1. The highest BCUT2D eigenvalue weighted by Crippen LogP contribution is 2.30. The summed E-state index contributed by atoms with van der Waals surface area (Å²) in [6, 6.07) is 7.65. The van der Waals surface area contributed by atoms with Crippen LogP contribution in [0.1, 0.15) is 5.56 Å². The molecule has 1 aromatic carbocycles. The number of benzene rings is 1. The first kappa shape index (κ1) is 7.88. The molecular weight excluding hydrogens is 176 g/mol. The Balaban J connectivity index is 2.13. The van der Waals surface area contributed by atoms with Gasteiger partial charge in [0.05, 0.1) is 5.69 Å². The first-order valence-electron chi connectivity index (χ1n) is 3.51. The molecule has 1 fully saturated rings. The number of nitrogens with two attached hydrogens (primary N) is 1. The molecule has 2 N–H and O–H groups in total. The van der Waals surface area contributed by atoms with Crippen LogP contribution in [0.2, 0.25) is 0 Å². The van der Waals surface area contributed by atoms with Gasteiger partial charge in [0.25, 0.3) is 0 Å². The molecule has 0 atom stereocenters.